The summed E-state index contributed by atoms with van der Waals surface area (Å²) in [7, 11) is 0. The summed E-state index contributed by atoms with van der Waals surface area (Å²) >= 11 is 1.90. The van der Waals surface area contributed by atoms with Crippen molar-refractivity contribution < 1.29 is 4.42 Å². The van der Waals surface area contributed by atoms with Gasteiger partial charge in [0.05, 0.1) is 110 Å². The summed E-state index contributed by atoms with van der Waals surface area (Å²) < 4.78 is 23.4. The molecule has 14 heterocycles. The van der Waals surface area contributed by atoms with Crippen LogP contribution in [0.4, 0.5) is 0 Å². The number of hydrogen-bond donors (Lipinski definition) is 0. The number of furan rings is 1. The van der Waals surface area contributed by atoms with Crippen LogP contribution in [0.3, 0.4) is 0 Å². The fraction of sp³-hybridized carbons (Fsp3) is 0.0149. The van der Waals surface area contributed by atoms with Crippen LogP contribution in [0.25, 0.3) is 312 Å². The monoisotopic (exact) mass is 1900 g/mol. The van der Waals surface area contributed by atoms with E-state index in [0.717, 1.165) is 152 Å². The van der Waals surface area contributed by atoms with Gasteiger partial charge in [-0.05, 0) is 178 Å². The van der Waals surface area contributed by atoms with Crippen molar-refractivity contribution in [2.24, 2.45) is 0 Å². The number of hydrogen-bond acceptors (Lipinski definition) is 8. The first-order valence-electron chi connectivity index (χ1n) is 50.6. The van der Waals surface area contributed by atoms with E-state index in [1.807, 2.05) is 65.9 Å². The van der Waals surface area contributed by atoms with E-state index in [1.165, 1.54) is 178 Å². The topological polar surface area (TPSA) is 120 Å². The quantitative estimate of drug-likeness (QED) is 0.173. The van der Waals surface area contributed by atoms with Gasteiger partial charge in [-0.2, -0.15) is 0 Å². The highest BCUT2D eigenvalue weighted by molar-refractivity contribution is 7.27. The lowest BCUT2D eigenvalue weighted by molar-refractivity contribution is 0.669. The number of para-hydroxylation sites is 13. The third-order valence-corrected chi connectivity index (χ3v) is 33.2. The van der Waals surface area contributed by atoms with Crippen molar-refractivity contribution in [2.75, 3.05) is 0 Å². The van der Waals surface area contributed by atoms with Crippen LogP contribution in [0.15, 0.2) is 447 Å². The van der Waals surface area contributed by atoms with Crippen LogP contribution in [-0.2, 0) is 0 Å². The largest absolute Gasteiger partial charge is 0.456 e. The Morgan fingerprint density at radius 3 is 1.26 bits per heavy atom. The Kier molecular flexibility index (Phi) is 16.3. The lowest BCUT2D eigenvalue weighted by atomic mass is 9.84. The highest BCUT2D eigenvalue weighted by Crippen LogP contribution is 2.55. The zero-order chi connectivity index (χ0) is 96.1. The summed E-state index contributed by atoms with van der Waals surface area (Å²) in [4.78, 5) is 31.8. The Labute approximate surface area is 845 Å². The molecule has 0 N–H and O–H groups in total. The Hall–Kier alpha value is -19.5. The van der Waals surface area contributed by atoms with Gasteiger partial charge >= 0.3 is 0 Å². The van der Waals surface area contributed by atoms with E-state index in [4.69, 9.17) is 34.3 Å². The standard InChI is InChI=1S/C48H26N4S.C44H26N4O.C42H24N4/c1-4-15-31-28(12-1)32-18-11-19-33-36-26-27(24-25-40(36)52(45(32)33)48-44(31)49-37-20-7-8-21-38(37)50-48)51-39-22-9-5-16-34(39)42-29-13-2-3-14-30(29)43-35-17-6-10-23-41(35)53-47(43)46(42)51;1-2-13-29-26(10-1)30-14-9-15-31-32-22-25(20-21-38(32)48(43(30)31)44-42(29)45-35-16-5-6-17-36(35)46-44)47-37-18-7-3-11-27(37)33-23-34-28-12-4-8-19-40(28)49-41(34)24-39(33)47;1-2-11-27-25(10-1)20-22-38-39(27)32-14-5-8-19-36(32)45(38)26-21-23-37-33(24-26)31-16-9-15-30-28-12-3-4-13-29(28)40-42(46(37)41(30)31)44-35-18-7-6-17-34(35)43-40/h1-26H;1-12,14-24,29H,13H2;1-24H. The number of nitrogens with zero attached hydrogens (tertiary/aromatic N) is 12. The highest BCUT2D eigenvalue weighted by Gasteiger charge is 2.36. The van der Waals surface area contributed by atoms with Crippen LogP contribution in [0.1, 0.15) is 23.6 Å². The van der Waals surface area contributed by atoms with E-state index >= 15 is 0 Å². The maximum atomic E-state index is 6.39. The van der Waals surface area contributed by atoms with Gasteiger partial charge in [-0.25, -0.2) is 29.9 Å². The molecule has 4 aliphatic rings. The second-order valence-electron chi connectivity index (χ2n) is 39.6. The van der Waals surface area contributed by atoms with Gasteiger partial charge in [-0.1, -0.05) is 303 Å². The van der Waals surface area contributed by atoms with E-state index in [9.17, 15) is 0 Å². The third kappa shape index (κ3) is 11.0. The molecule has 13 nitrogen and oxygen atoms in total. The molecule has 684 valence electrons. The Morgan fingerprint density at radius 2 is 0.649 bits per heavy atom. The molecule has 0 saturated heterocycles. The molecule has 14 heteroatoms. The maximum Gasteiger partial charge on any atom is 0.165 e. The summed E-state index contributed by atoms with van der Waals surface area (Å²) in [6.45, 7) is 0. The summed E-state index contributed by atoms with van der Waals surface area (Å²) in [5.74, 6) is 2.80. The van der Waals surface area contributed by atoms with Crippen LogP contribution in [-0.4, -0.2) is 57.3 Å². The van der Waals surface area contributed by atoms with Crippen molar-refractivity contribution in [3.05, 3.63) is 454 Å². The van der Waals surface area contributed by atoms with Crippen molar-refractivity contribution in [2.45, 2.75) is 12.3 Å². The van der Waals surface area contributed by atoms with Crippen molar-refractivity contribution in [1.29, 1.82) is 0 Å². The second-order valence-corrected chi connectivity index (χ2v) is 40.7. The Morgan fingerprint density at radius 1 is 0.236 bits per heavy atom. The minimum absolute atomic E-state index is 0.143. The van der Waals surface area contributed by atoms with E-state index in [2.05, 4.69) is 416 Å². The van der Waals surface area contributed by atoms with Gasteiger partial charge in [0.1, 0.15) is 22.6 Å². The van der Waals surface area contributed by atoms with Gasteiger partial charge in [0.15, 0.2) is 17.5 Å². The predicted octanol–water partition coefficient (Wildman–Crippen LogP) is 34.8. The molecule has 1 unspecified atom stereocenters. The van der Waals surface area contributed by atoms with E-state index in [1.54, 1.807) is 0 Å². The molecule has 0 amide bonds. The molecule has 1 atom stereocenters. The van der Waals surface area contributed by atoms with Crippen LogP contribution >= 0.6 is 11.3 Å². The molecule has 11 aromatic heterocycles. The number of allylic oxidation sites excluding steroid dienone is 4. The van der Waals surface area contributed by atoms with Crippen LogP contribution in [0.5, 0.6) is 0 Å². The van der Waals surface area contributed by atoms with E-state index in [0.29, 0.717) is 0 Å². The first kappa shape index (κ1) is 80.1. The summed E-state index contributed by atoms with van der Waals surface area (Å²) in [5, 5.41) is 24.9. The molecular formula is C134H76N12OS. The SMILES string of the molecule is C1=CCC2C(=C1)c1cccc3c4cc(-n5c6ccccc6c6cc7c(cc65)oc5ccccc57)ccc4n(c13)-c1nc3ccccc3nc12.c1ccc2c(c1)-c1nc3ccccc3nc1-n1c3ccc(-n4c5ccccc5c5c6ccccc6c6c7ccccc7sc6c54)cc3c3cccc-2c31.c1ccc2c(c1)-c1nc3ccccc3nc1-n1c3ccc(-n4c5ccccc5c5c6ccccc6ccc54)cc3c3cccc-2c31. The molecular weight excluding hydrogens is 1830 g/mol. The van der Waals surface area contributed by atoms with Gasteiger partial charge in [-0.3, -0.25) is 13.7 Å². The molecule has 0 bridgehead atoms. The molecule has 32 aromatic rings. The maximum absolute atomic E-state index is 6.39. The Bertz CT molecular complexity index is 11700. The third-order valence-electron chi connectivity index (χ3n) is 32.0. The Balaban J connectivity index is 0.0000000951. The highest BCUT2D eigenvalue weighted by atomic mass is 32.1. The predicted molar refractivity (Wildman–Crippen MR) is 613 cm³/mol. The van der Waals surface area contributed by atoms with Crippen molar-refractivity contribution in [3.63, 3.8) is 0 Å². The smallest absolute Gasteiger partial charge is 0.165 e. The van der Waals surface area contributed by atoms with Gasteiger partial charge in [0.25, 0.3) is 0 Å². The van der Waals surface area contributed by atoms with Gasteiger partial charge in [-0.15, -0.1) is 11.3 Å². The molecule has 36 rings (SSSR count). The molecule has 1 aliphatic carbocycles. The summed E-state index contributed by atoms with van der Waals surface area (Å²) in [5.41, 5.74) is 37.0. The molecule has 0 fully saturated rings. The average molecular weight is 1900 g/mol. The van der Waals surface area contributed by atoms with Gasteiger partial charge < -0.3 is 18.1 Å². The number of benzene rings is 21. The lowest BCUT2D eigenvalue weighted by Gasteiger charge is -2.21. The number of aromatic nitrogens is 12. The van der Waals surface area contributed by atoms with E-state index in [-0.39, 0.29) is 5.92 Å². The normalized spacial score (nSPS) is 13.5. The number of fused-ring (bicyclic) bond motifs is 48. The molecule has 148 heavy (non-hydrogen) atoms. The molecule has 0 radical (unpaired) electrons. The minimum atomic E-state index is 0.143. The van der Waals surface area contributed by atoms with Crippen molar-refractivity contribution >= 4 is 245 Å². The van der Waals surface area contributed by atoms with Crippen LogP contribution in [0, 0.1) is 0 Å². The van der Waals surface area contributed by atoms with Crippen molar-refractivity contribution in [3.8, 4) is 79.3 Å². The average Bonchev–Trinajstić information content (AvgIpc) is 1.53. The summed E-state index contributed by atoms with van der Waals surface area (Å²) in [6, 6.07) is 153. The first-order valence-corrected chi connectivity index (χ1v) is 51.4. The number of rotatable bonds is 3. The van der Waals surface area contributed by atoms with Gasteiger partial charge in [0.2, 0.25) is 0 Å². The zero-order valence-electron chi connectivity index (χ0n) is 79.1. The van der Waals surface area contributed by atoms with Gasteiger partial charge in [0, 0.05) is 148 Å². The lowest BCUT2D eigenvalue weighted by Crippen LogP contribution is -2.10. The summed E-state index contributed by atoms with van der Waals surface area (Å²) in [6.07, 6.45) is 7.63. The first-order chi connectivity index (χ1) is 73.4. The minimum Gasteiger partial charge on any atom is -0.456 e. The molecule has 0 spiro atoms. The van der Waals surface area contributed by atoms with Crippen LogP contribution < -0.4 is 0 Å². The van der Waals surface area contributed by atoms with E-state index < -0.39 is 0 Å². The second kappa shape index (κ2) is 30.0. The van der Waals surface area contributed by atoms with Crippen LogP contribution in [0.2, 0.25) is 0 Å². The molecule has 21 aromatic carbocycles. The molecule has 3 aliphatic heterocycles. The fourth-order valence-corrected chi connectivity index (χ4v) is 27.1. The van der Waals surface area contributed by atoms with Crippen molar-refractivity contribution in [1.82, 2.24) is 57.3 Å². The number of thiophene rings is 1. The molecule has 0 saturated carbocycles. The zero-order valence-corrected chi connectivity index (χ0v) is 79.9. The fourth-order valence-electron chi connectivity index (χ4n) is 25.9.